The number of hydrogen-bond acceptors (Lipinski definition) is 8. The van der Waals surface area contributed by atoms with Crippen molar-refractivity contribution in [3.8, 4) is 11.8 Å². The first-order valence-corrected chi connectivity index (χ1v) is 10.5. The van der Waals surface area contributed by atoms with E-state index in [1.165, 1.54) is 30.9 Å². The van der Waals surface area contributed by atoms with Crippen molar-refractivity contribution >= 4 is 33.0 Å². The molecule has 0 aliphatic rings. The van der Waals surface area contributed by atoms with Gasteiger partial charge in [0.05, 0.1) is 37.8 Å². The van der Waals surface area contributed by atoms with Gasteiger partial charge in [0.25, 0.3) is 5.95 Å². The predicted molar refractivity (Wildman–Crippen MR) is 98.7 cm³/mol. The molecule has 0 radical (unpaired) electrons. The molecular formula is C15H17N5O5S2. The summed E-state index contributed by atoms with van der Waals surface area (Å²) in [5.74, 6) is -0.150. The lowest BCUT2D eigenvalue weighted by molar-refractivity contribution is 0.372. The van der Waals surface area contributed by atoms with E-state index >= 15 is 0 Å². The highest BCUT2D eigenvalue weighted by Gasteiger charge is 2.39. The van der Waals surface area contributed by atoms with E-state index in [0.29, 0.717) is 9.36 Å². The zero-order chi connectivity index (χ0) is 19.6. The molecule has 0 aliphatic carbocycles. The van der Waals surface area contributed by atoms with E-state index in [1.54, 1.807) is 31.3 Å². The Labute approximate surface area is 159 Å². The maximum absolute atomic E-state index is 13.3. The van der Waals surface area contributed by atoms with Crippen LogP contribution in [0.25, 0.3) is 5.65 Å². The van der Waals surface area contributed by atoms with Crippen LogP contribution >= 0.6 is 0 Å². The smallest absolute Gasteiger partial charge is 0.323 e. The molecule has 0 aliphatic heterocycles. The van der Waals surface area contributed by atoms with Gasteiger partial charge in [0, 0.05) is 6.20 Å². The average molecular weight is 411 g/mol. The van der Waals surface area contributed by atoms with E-state index in [9.17, 15) is 13.0 Å². The number of rotatable bonds is 7. The summed E-state index contributed by atoms with van der Waals surface area (Å²) in [6.07, 6.45) is 2.75. The standard InChI is InChI=1S/C15H17N5O5S2/c1-4-26(21)20(15-17-12(24-2)9-13(18-15)25-3)27(22,23)14-10-16-11-7-5-6-8-19(11)14/h5-10H,4H2,1-3H3. The van der Waals surface area contributed by atoms with Gasteiger partial charge >= 0.3 is 10.0 Å². The molecule has 1 unspecified atom stereocenters. The Hall–Kier alpha value is -2.57. The molecule has 1 atom stereocenters. The number of nitrogens with zero attached hydrogens (tertiary/aromatic N) is 5. The number of hydrogen-bond donors (Lipinski definition) is 0. The van der Waals surface area contributed by atoms with Crippen LogP contribution in [0, 0.1) is 0 Å². The summed E-state index contributed by atoms with van der Waals surface area (Å²) in [5, 5.41) is -0.162. The molecule has 27 heavy (non-hydrogen) atoms. The Balaban J connectivity index is 2.21. The minimum Gasteiger partial charge on any atom is -0.592 e. The number of sulfonamides is 1. The lowest BCUT2D eigenvalue weighted by Crippen LogP contribution is -2.39. The van der Waals surface area contributed by atoms with Crippen molar-refractivity contribution < 1.29 is 22.4 Å². The third-order valence-corrected chi connectivity index (χ3v) is 7.09. The Morgan fingerprint density at radius 2 is 1.89 bits per heavy atom. The van der Waals surface area contributed by atoms with Crippen molar-refractivity contribution in [3.05, 3.63) is 36.7 Å². The molecule has 10 nitrogen and oxygen atoms in total. The van der Waals surface area contributed by atoms with Gasteiger partial charge in [0.2, 0.25) is 11.8 Å². The minimum absolute atomic E-state index is 0.0266. The summed E-state index contributed by atoms with van der Waals surface area (Å²) in [5.41, 5.74) is 0.433. The van der Waals surface area contributed by atoms with Crippen LogP contribution in [0.15, 0.2) is 41.7 Å². The van der Waals surface area contributed by atoms with Crippen molar-refractivity contribution in [1.82, 2.24) is 19.4 Å². The van der Waals surface area contributed by atoms with Gasteiger partial charge in [-0.05, 0) is 22.8 Å². The van der Waals surface area contributed by atoms with Crippen molar-refractivity contribution in [2.75, 3.05) is 23.7 Å². The van der Waals surface area contributed by atoms with E-state index in [0.717, 1.165) is 0 Å². The molecule has 0 saturated heterocycles. The zero-order valence-corrected chi connectivity index (χ0v) is 16.4. The van der Waals surface area contributed by atoms with Crippen LogP contribution in [0.1, 0.15) is 6.92 Å². The molecule has 0 N–H and O–H groups in total. The van der Waals surface area contributed by atoms with E-state index in [1.807, 2.05) is 0 Å². The third kappa shape index (κ3) is 3.50. The van der Waals surface area contributed by atoms with Gasteiger partial charge in [-0.1, -0.05) is 6.07 Å². The molecule has 0 fully saturated rings. The van der Waals surface area contributed by atoms with Crippen molar-refractivity contribution in [2.45, 2.75) is 11.9 Å². The molecule has 12 heteroatoms. The largest absolute Gasteiger partial charge is 0.592 e. The number of anilines is 1. The van der Waals surface area contributed by atoms with Gasteiger partial charge in [0.15, 0.2) is 5.03 Å². The van der Waals surface area contributed by atoms with Gasteiger partial charge in [0.1, 0.15) is 11.4 Å². The molecule has 0 saturated carbocycles. The molecule has 3 aromatic heterocycles. The normalized spacial score (nSPS) is 12.7. The molecule has 144 valence electrons. The molecule has 3 aromatic rings. The molecule has 0 amide bonds. The van der Waals surface area contributed by atoms with Gasteiger partial charge in [-0.15, -0.1) is 0 Å². The number of pyridine rings is 1. The number of imidazole rings is 1. The molecule has 0 spiro atoms. The van der Waals surface area contributed by atoms with Gasteiger partial charge in [-0.3, -0.25) is 4.40 Å². The number of fused-ring (bicyclic) bond motifs is 1. The minimum atomic E-state index is -4.30. The van der Waals surface area contributed by atoms with Crippen LogP contribution < -0.4 is 13.2 Å². The summed E-state index contributed by atoms with van der Waals surface area (Å²) in [6, 6.07) is 6.44. The highest BCUT2D eigenvalue weighted by molar-refractivity contribution is 8.10. The second-order valence-electron chi connectivity index (χ2n) is 5.12. The van der Waals surface area contributed by atoms with Crippen molar-refractivity contribution in [2.24, 2.45) is 0 Å². The van der Waals surface area contributed by atoms with E-state index in [-0.39, 0.29) is 28.5 Å². The number of aromatic nitrogens is 4. The second kappa shape index (κ2) is 7.58. The molecule has 3 rings (SSSR count). The molecule has 0 bridgehead atoms. The summed E-state index contributed by atoms with van der Waals surface area (Å²) in [4.78, 5) is 12.2. The van der Waals surface area contributed by atoms with Crippen molar-refractivity contribution in [1.29, 1.82) is 0 Å². The average Bonchev–Trinajstić information content (AvgIpc) is 3.12. The third-order valence-electron chi connectivity index (χ3n) is 3.55. The summed E-state index contributed by atoms with van der Waals surface area (Å²) >= 11 is -1.97. The monoisotopic (exact) mass is 411 g/mol. The molecule has 3 heterocycles. The molecular weight excluding hydrogens is 394 g/mol. The number of methoxy groups -OCH3 is 2. The quantitative estimate of drug-likeness (QED) is 0.528. The Bertz CT molecular complexity index is 1030. The maximum atomic E-state index is 13.3. The first-order chi connectivity index (χ1) is 12.9. The van der Waals surface area contributed by atoms with Crippen LogP contribution in [-0.4, -0.2) is 52.3 Å². The fourth-order valence-corrected chi connectivity index (χ4v) is 5.27. The van der Waals surface area contributed by atoms with Crippen LogP contribution in [0.5, 0.6) is 11.8 Å². The van der Waals surface area contributed by atoms with Gasteiger partial charge < -0.3 is 14.0 Å². The van der Waals surface area contributed by atoms with Crippen LogP contribution in [-0.2, 0) is 21.4 Å². The van der Waals surface area contributed by atoms with Gasteiger partial charge in [-0.25, -0.2) is 4.98 Å². The van der Waals surface area contributed by atoms with E-state index < -0.39 is 21.4 Å². The highest BCUT2D eigenvalue weighted by Crippen LogP contribution is 2.28. The van der Waals surface area contributed by atoms with Crippen LogP contribution in [0.2, 0.25) is 0 Å². The first-order valence-electron chi connectivity index (χ1n) is 7.75. The predicted octanol–water partition coefficient (Wildman–Crippen LogP) is 1.02. The van der Waals surface area contributed by atoms with Crippen LogP contribution in [0.4, 0.5) is 5.95 Å². The second-order valence-corrected chi connectivity index (χ2v) is 8.67. The van der Waals surface area contributed by atoms with Crippen molar-refractivity contribution in [3.63, 3.8) is 0 Å². The summed E-state index contributed by atoms with van der Waals surface area (Å²) in [6.45, 7) is 1.59. The Morgan fingerprint density at radius 1 is 1.22 bits per heavy atom. The highest BCUT2D eigenvalue weighted by atomic mass is 32.3. The van der Waals surface area contributed by atoms with Gasteiger partial charge in [-0.2, -0.15) is 18.4 Å². The lowest BCUT2D eigenvalue weighted by atomic mass is 10.5. The van der Waals surface area contributed by atoms with Crippen LogP contribution in [0.3, 0.4) is 0 Å². The molecule has 0 aromatic carbocycles. The zero-order valence-electron chi connectivity index (χ0n) is 14.8. The Kier molecular flexibility index (Phi) is 5.39. The maximum Gasteiger partial charge on any atom is 0.323 e. The first kappa shape index (κ1) is 19.2. The van der Waals surface area contributed by atoms with E-state index in [4.69, 9.17) is 9.47 Å². The Morgan fingerprint density at radius 3 is 2.48 bits per heavy atom. The summed E-state index contributed by atoms with van der Waals surface area (Å²) in [7, 11) is -1.57. The van der Waals surface area contributed by atoms with E-state index in [2.05, 4.69) is 15.0 Å². The fraction of sp³-hybridized carbons (Fsp3) is 0.267. The SMILES string of the molecule is CC[S+]([O-])N(c1nc(OC)cc(OC)n1)S(=O)(=O)c1cnc2ccccn12. The topological polar surface area (TPSA) is 122 Å². The number of ether oxygens (including phenoxy) is 2. The fourth-order valence-electron chi connectivity index (χ4n) is 2.29. The lowest BCUT2D eigenvalue weighted by Gasteiger charge is -2.22. The summed E-state index contributed by atoms with van der Waals surface area (Å²) < 4.78 is 51.5.